The van der Waals surface area contributed by atoms with Gasteiger partial charge in [0, 0.05) is 19.4 Å². The molecule has 0 aromatic heterocycles. The zero-order chi connectivity index (χ0) is 15.8. The van der Waals surface area contributed by atoms with Crippen molar-refractivity contribution in [3.63, 3.8) is 0 Å². The zero-order valence-electron chi connectivity index (χ0n) is 11.2. The quantitative estimate of drug-likeness (QED) is 0.463. The Morgan fingerprint density at radius 1 is 1.19 bits per heavy atom. The van der Waals surface area contributed by atoms with E-state index in [0.29, 0.717) is 5.56 Å². The summed E-state index contributed by atoms with van der Waals surface area (Å²) >= 11 is 0. The second kappa shape index (κ2) is 7.73. The van der Waals surface area contributed by atoms with E-state index in [4.69, 9.17) is 15.9 Å². The monoisotopic (exact) mass is 295 g/mol. The van der Waals surface area contributed by atoms with Crippen molar-refractivity contribution in [3.8, 4) is 5.75 Å². The topological polar surface area (TPSA) is 142 Å². The van der Waals surface area contributed by atoms with Crippen molar-refractivity contribution in [1.82, 2.24) is 10.6 Å². The maximum atomic E-state index is 11.5. The SMILES string of the molecule is NC(=O)CCNC(=O)N[C@@H](Cc1ccc(O)cc1)C(=O)O. The lowest BCUT2D eigenvalue weighted by Gasteiger charge is -2.15. The molecule has 3 amide bonds. The van der Waals surface area contributed by atoms with Crippen LogP contribution in [0.1, 0.15) is 12.0 Å². The number of carboxylic acid groups (broad SMARTS) is 1. The first kappa shape index (κ1) is 16.3. The van der Waals surface area contributed by atoms with E-state index in [0.717, 1.165) is 0 Å². The molecule has 6 N–H and O–H groups in total. The number of hydrogen-bond donors (Lipinski definition) is 5. The third kappa shape index (κ3) is 6.28. The number of nitrogens with one attached hydrogen (secondary N) is 2. The van der Waals surface area contributed by atoms with Crippen LogP contribution < -0.4 is 16.4 Å². The third-order valence-electron chi connectivity index (χ3n) is 2.64. The highest BCUT2D eigenvalue weighted by Crippen LogP contribution is 2.11. The molecule has 0 aliphatic heterocycles. The van der Waals surface area contributed by atoms with Gasteiger partial charge in [0.2, 0.25) is 5.91 Å². The van der Waals surface area contributed by atoms with E-state index in [9.17, 15) is 14.4 Å². The van der Waals surface area contributed by atoms with Gasteiger partial charge < -0.3 is 26.6 Å². The van der Waals surface area contributed by atoms with E-state index >= 15 is 0 Å². The second-order valence-electron chi connectivity index (χ2n) is 4.38. The molecule has 0 unspecified atom stereocenters. The van der Waals surface area contributed by atoms with Gasteiger partial charge in [-0.15, -0.1) is 0 Å². The van der Waals surface area contributed by atoms with Gasteiger partial charge in [0.1, 0.15) is 11.8 Å². The molecule has 0 fully saturated rings. The number of amides is 3. The van der Waals surface area contributed by atoms with E-state index < -0.39 is 23.9 Å². The second-order valence-corrected chi connectivity index (χ2v) is 4.38. The standard InChI is InChI=1S/C13H17N3O5/c14-11(18)5-6-15-13(21)16-10(12(19)20)7-8-1-3-9(17)4-2-8/h1-4,10,17H,5-7H2,(H2,14,18)(H,19,20)(H2,15,16,21)/t10-/m0/s1. The average molecular weight is 295 g/mol. The minimum Gasteiger partial charge on any atom is -0.508 e. The number of rotatable bonds is 7. The van der Waals surface area contributed by atoms with Crippen LogP contribution in [-0.4, -0.2) is 40.7 Å². The van der Waals surface area contributed by atoms with Gasteiger partial charge in [0.05, 0.1) is 0 Å². The molecule has 0 saturated carbocycles. The summed E-state index contributed by atoms with van der Waals surface area (Å²) in [5, 5.41) is 22.9. The predicted molar refractivity (Wildman–Crippen MR) is 73.6 cm³/mol. The first-order valence-electron chi connectivity index (χ1n) is 6.22. The maximum absolute atomic E-state index is 11.5. The predicted octanol–water partition coefficient (Wildman–Crippen LogP) is -0.437. The molecule has 0 aliphatic carbocycles. The van der Waals surface area contributed by atoms with Gasteiger partial charge in [-0.1, -0.05) is 12.1 Å². The number of phenols is 1. The van der Waals surface area contributed by atoms with Gasteiger partial charge in [-0.05, 0) is 17.7 Å². The molecule has 8 heteroatoms. The Labute approximate surface area is 120 Å². The Morgan fingerprint density at radius 3 is 2.33 bits per heavy atom. The number of urea groups is 1. The summed E-state index contributed by atoms with van der Waals surface area (Å²) in [6, 6.07) is 4.18. The highest BCUT2D eigenvalue weighted by molar-refractivity contribution is 5.83. The summed E-state index contributed by atoms with van der Waals surface area (Å²) in [6.07, 6.45) is 0.0436. The smallest absolute Gasteiger partial charge is 0.326 e. The first-order chi connectivity index (χ1) is 9.88. The summed E-state index contributed by atoms with van der Waals surface area (Å²) in [7, 11) is 0. The van der Waals surface area contributed by atoms with Gasteiger partial charge >= 0.3 is 12.0 Å². The van der Waals surface area contributed by atoms with Gasteiger partial charge in [-0.2, -0.15) is 0 Å². The number of nitrogens with two attached hydrogens (primary N) is 1. The number of aromatic hydroxyl groups is 1. The minimum absolute atomic E-state index is 0.0247. The maximum Gasteiger partial charge on any atom is 0.326 e. The molecule has 0 heterocycles. The lowest BCUT2D eigenvalue weighted by Crippen LogP contribution is -2.47. The van der Waals surface area contributed by atoms with Crippen LogP contribution in [0.5, 0.6) is 5.75 Å². The van der Waals surface area contributed by atoms with E-state index in [1.807, 2.05) is 0 Å². The lowest BCUT2D eigenvalue weighted by molar-refractivity contribution is -0.139. The zero-order valence-corrected chi connectivity index (χ0v) is 11.2. The number of carbonyl (C=O) groups is 3. The third-order valence-corrected chi connectivity index (χ3v) is 2.64. The van der Waals surface area contributed by atoms with Crippen molar-refractivity contribution in [2.45, 2.75) is 18.9 Å². The number of benzene rings is 1. The van der Waals surface area contributed by atoms with E-state index in [1.54, 1.807) is 12.1 Å². The highest BCUT2D eigenvalue weighted by Gasteiger charge is 2.20. The molecule has 21 heavy (non-hydrogen) atoms. The molecule has 1 atom stereocenters. The molecule has 0 saturated heterocycles. The van der Waals surface area contributed by atoms with Gasteiger partial charge in [0.15, 0.2) is 0 Å². The van der Waals surface area contributed by atoms with Crippen molar-refractivity contribution in [2.24, 2.45) is 5.73 Å². The van der Waals surface area contributed by atoms with E-state index in [-0.39, 0.29) is 25.1 Å². The number of hydrogen-bond acceptors (Lipinski definition) is 4. The van der Waals surface area contributed by atoms with Gasteiger partial charge in [0.25, 0.3) is 0 Å². The Hall–Kier alpha value is -2.77. The highest BCUT2D eigenvalue weighted by atomic mass is 16.4. The van der Waals surface area contributed by atoms with Crippen LogP contribution in [0.2, 0.25) is 0 Å². The fourth-order valence-electron chi connectivity index (χ4n) is 1.58. The molecular weight excluding hydrogens is 278 g/mol. The van der Waals surface area contributed by atoms with Gasteiger partial charge in [-0.25, -0.2) is 9.59 Å². The number of carbonyl (C=O) groups excluding carboxylic acids is 2. The van der Waals surface area contributed by atoms with Crippen LogP contribution in [-0.2, 0) is 16.0 Å². The fraction of sp³-hybridized carbons (Fsp3) is 0.308. The van der Waals surface area contributed by atoms with Crippen molar-refractivity contribution >= 4 is 17.9 Å². The fourth-order valence-corrected chi connectivity index (χ4v) is 1.58. The van der Waals surface area contributed by atoms with Crippen LogP contribution in [0.3, 0.4) is 0 Å². The Balaban J connectivity index is 2.53. The molecule has 0 radical (unpaired) electrons. The van der Waals surface area contributed by atoms with Crippen molar-refractivity contribution in [2.75, 3.05) is 6.54 Å². The summed E-state index contributed by atoms with van der Waals surface area (Å²) < 4.78 is 0. The molecular formula is C13H17N3O5. The van der Waals surface area contributed by atoms with Crippen molar-refractivity contribution in [1.29, 1.82) is 0 Å². The van der Waals surface area contributed by atoms with Crippen molar-refractivity contribution < 1.29 is 24.6 Å². The van der Waals surface area contributed by atoms with Gasteiger partial charge in [-0.3, -0.25) is 4.79 Å². The lowest BCUT2D eigenvalue weighted by atomic mass is 10.1. The number of phenolic OH excluding ortho intramolecular Hbond substituents is 1. The first-order valence-corrected chi connectivity index (χ1v) is 6.22. The van der Waals surface area contributed by atoms with E-state index in [2.05, 4.69) is 10.6 Å². The molecule has 0 bridgehead atoms. The summed E-state index contributed by atoms with van der Waals surface area (Å²) in [5.41, 5.74) is 5.57. The Kier molecular flexibility index (Phi) is 5.99. The number of aliphatic carboxylic acids is 1. The average Bonchev–Trinajstić information content (AvgIpc) is 2.40. The molecule has 0 spiro atoms. The number of carboxylic acids is 1. The van der Waals surface area contributed by atoms with Crippen LogP contribution in [0.15, 0.2) is 24.3 Å². The Morgan fingerprint density at radius 2 is 1.81 bits per heavy atom. The minimum atomic E-state index is -1.19. The van der Waals surface area contributed by atoms with Crippen LogP contribution >= 0.6 is 0 Å². The summed E-state index contributed by atoms with van der Waals surface area (Å²) in [6.45, 7) is 0.0344. The molecule has 8 nitrogen and oxygen atoms in total. The molecule has 114 valence electrons. The van der Waals surface area contributed by atoms with Crippen LogP contribution in [0.4, 0.5) is 4.79 Å². The molecule has 0 aliphatic rings. The molecule has 1 aromatic rings. The molecule has 1 rings (SSSR count). The largest absolute Gasteiger partial charge is 0.508 e. The van der Waals surface area contributed by atoms with Crippen LogP contribution in [0.25, 0.3) is 0 Å². The summed E-state index contributed by atoms with van der Waals surface area (Å²) in [5.74, 6) is -1.68. The normalized spacial score (nSPS) is 11.4. The number of primary amides is 1. The molecule has 1 aromatic carbocycles. The van der Waals surface area contributed by atoms with E-state index in [1.165, 1.54) is 12.1 Å². The van der Waals surface area contributed by atoms with Crippen molar-refractivity contribution in [3.05, 3.63) is 29.8 Å². The Bertz CT molecular complexity index is 515. The van der Waals surface area contributed by atoms with Crippen LogP contribution in [0, 0.1) is 0 Å². The summed E-state index contributed by atoms with van der Waals surface area (Å²) in [4.78, 5) is 33.1.